The summed E-state index contributed by atoms with van der Waals surface area (Å²) in [5.74, 6) is 0. The molecule has 0 aliphatic carbocycles. The molecule has 7 heteroatoms. The zero-order valence-corrected chi connectivity index (χ0v) is 8.39. The smallest absolute Gasteiger partial charge is 0.222 e. The van der Waals surface area contributed by atoms with Crippen molar-refractivity contribution < 1.29 is 9.68 Å². The second-order valence-corrected chi connectivity index (χ2v) is 4.95. The summed E-state index contributed by atoms with van der Waals surface area (Å²) in [5.41, 5.74) is 0. The van der Waals surface area contributed by atoms with Gasteiger partial charge in [-0.15, -0.1) is 0 Å². The normalized spacial score (nSPS) is 13.6. The van der Waals surface area contributed by atoms with E-state index < -0.39 is 0 Å². The lowest BCUT2D eigenvalue weighted by Gasteiger charge is -1.77. The first-order valence-electron chi connectivity index (χ1n) is 2.61. The molecule has 0 aliphatic heterocycles. The number of rotatable bonds is 2. The Hall–Kier alpha value is -0.400. The molecule has 0 unspecified atom stereocenters. The van der Waals surface area contributed by atoms with E-state index in [-0.39, 0.29) is 0 Å². The summed E-state index contributed by atoms with van der Waals surface area (Å²) >= 11 is 1.44. The maximum Gasteiger partial charge on any atom is 0.222 e. The molecule has 0 saturated carbocycles. The quantitative estimate of drug-likeness (QED) is 0.535. The van der Waals surface area contributed by atoms with Crippen LogP contribution in [0.25, 0.3) is 0 Å². The van der Waals surface area contributed by atoms with Gasteiger partial charge in [0, 0.05) is 0 Å². The van der Waals surface area contributed by atoms with Gasteiger partial charge in [-0.25, -0.2) is 0 Å². The highest BCUT2D eigenvalue weighted by molar-refractivity contribution is 7.72. The van der Waals surface area contributed by atoms with Gasteiger partial charge in [-0.2, -0.15) is 0 Å². The van der Waals surface area contributed by atoms with Crippen molar-refractivity contribution in [2.45, 2.75) is 0 Å². The molecular formula is C4H6N2O2S3. The molecule has 1 aromatic heterocycles. The van der Waals surface area contributed by atoms with E-state index in [0.29, 0.717) is 0 Å². The van der Waals surface area contributed by atoms with Gasteiger partial charge in [0.15, 0.2) is 0 Å². The molecule has 0 aliphatic rings. The van der Waals surface area contributed by atoms with Gasteiger partial charge in [0.25, 0.3) is 0 Å². The van der Waals surface area contributed by atoms with E-state index >= 15 is 0 Å². The van der Waals surface area contributed by atoms with Crippen molar-refractivity contribution in [3.63, 3.8) is 0 Å². The summed E-state index contributed by atoms with van der Waals surface area (Å²) in [6.45, 7) is 0. The molecule has 0 atom stereocenters. The molecule has 0 amide bonds. The monoisotopic (exact) mass is 210 g/mol. The van der Waals surface area contributed by atoms with Crippen LogP contribution in [0.1, 0.15) is 0 Å². The van der Waals surface area contributed by atoms with Crippen LogP contribution in [0.3, 0.4) is 0 Å². The van der Waals surface area contributed by atoms with Crippen molar-refractivity contribution in [2.75, 3.05) is 14.2 Å². The Bertz CT molecular complexity index is 292. The van der Waals surface area contributed by atoms with E-state index in [9.17, 15) is 0 Å². The summed E-state index contributed by atoms with van der Waals surface area (Å²) in [6, 6.07) is 0. The van der Waals surface area contributed by atoms with Crippen molar-refractivity contribution in [1.29, 1.82) is 0 Å². The molecule has 11 heavy (non-hydrogen) atoms. The van der Waals surface area contributed by atoms with E-state index in [4.69, 9.17) is 0 Å². The van der Waals surface area contributed by atoms with Gasteiger partial charge in [0.2, 0.25) is 7.97 Å². The molecule has 0 spiro atoms. The minimum Gasteiger partial charge on any atom is -0.397 e. The topological polar surface area (TPSA) is 43.2 Å². The summed E-state index contributed by atoms with van der Waals surface area (Å²) in [6.07, 6.45) is 0. The van der Waals surface area contributed by atoms with Gasteiger partial charge in [-0.05, 0) is 20.7 Å². The predicted octanol–water partition coefficient (Wildman–Crippen LogP) is 0.795. The molecule has 0 aromatic carbocycles. The first-order chi connectivity index (χ1) is 5.36. The van der Waals surface area contributed by atoms with Crippen molar-refractivity contribution in [3.05, 3.63) is 7.97 Å². The molecule has 0 saturated heterocycles. The Morgan fingerprint density at radius 3 is 1.82 bits per heavy atom. The Morgan fingerprint density at radius 2 is 1.45 bits per heavy atom. The summed E-state index contributed by atoms with van der Waals surface area (Å²) < 4.78 is 1.68. The maximum atomic E-state index is 4.59. The van der Waals surface area contributed by atoms with Crippen molar-refractivity contribution >= 4 is 32.0 Å². The minimum atomic E-state index is 0.841. The molecule has 1 aromatic rings. The van der Waals surface area contributed by atoms with E-state index in [2.05, 4.69) is 20.0 Å². The molecular weight excluding hydrogens is 204 g/mol. The fraction of sp³-hybridized carbons (Fsp3) is 0.500. The van der Waals surface area contributed by atoms with E-state index in [0.717, 1.165) is 7.97 Å². The molecule has 0 fully saturated rings. The second-order valence-electron chi connectivity index (χ2n) is 1.35. The molecule has 4 nitrogen and oxygen atoms in total. The standard InChI is InChI=1S/C4H6N2O2S3/c1-7-5-3-9-4(6-8-2)11-10-3/h1-2H3/b5-3-,6-4+. The van der Waals surface area contributed by atoms with Crippen molar-refractivity contribution in [1.82, 2.24) is 0 Å². The van der Waals surface area contributed by atoms with Crippen LogP contribution >= 0.6 is 32.0 Å². The van der Waals surface area contributed by atoms with Crippen LogP contribution in [0, 0.1) is 0 Å². The van der Waals surface area contributed by atoms with Crippen LogP contribution in [0.4, 0.5) is 0 Å². The third-order valence-electron chi connectivity index (χ3n) is 0.691. The van der Waals surface area contributed by atoms with Crippen LogP contribution < -0.4 is 7.97 Å². The number of nitrogens with zero attached hydrogens (tertiary/aromatic N) is 2. The third-order valence-corrected chi connectivity index (χ3v) is 4.54. The van der Waals surface area contributed by atoms with Crippen LogP contribution in [0.5, 0.6) is 0 Å². The minimum absolute atomic E-state index is 0.841. The largest absolute Gasteiger partial charge is 0.397 e. The highest BCUT2D eigenvalue weighted by Crippen LogP contribution is 1.95. The predicted molar refractivity (Wildman–Crippen MR) is 45.2 cm³/mol. The van der Waals surface area contributed by atoms with Crippen LogP contribution in [0.2, 0.25) is 0 Å². The van der Waals surface area contributed by atoms with Gasteiger partial charge in [0.05, 0.1) is 0 Å². The lowest BCUT2D eigenvalue weighted by molar-refractivity contribution is 0.202. The van der Waals surface area contributed by atoms with Gasteiger partial charge in [0.1, 0.15) is 14.2 Å². The zero-order valence-electron chi connectivity index (χ0n) is 5.94. The summed E-state index contributed by atoms with van der Waals surface area (Å²) in [7, 11) is 6.05. The Labute approximate surface area is 74.4 Å². The highest BCUT2D eigenvalue weighted by Gasteiger charge is 1.88. The molecule has 62 valence electrons. The summed E-state index contributed by atoms with van der Waals surface area (Å²) in [4.78, 5) is 9.18. The Kier molecular flexibility index (Phi) is 3.53. The van der Waals surface area contributed by atoms with Crippen LogP contribution in [-0.4, -0.2) is 14.2 Å². The van der Waals surface area contributed by atoms with Gasteiger partial charge in [-0.3, -0.25) is 0 Å². The van der Waals surface area contributed by atoms with Crippen LogP contribution in [-0.2, 0) is 9.68 Å². The van der Waals surface area contributed by atoms with E-state index in [1.807, 2.05) is 0 Å². The molecule has 1 rings (SSSR count). The molecule has 0 radical (unpaired) electrons. The highest BCUT2D eigenvalue weighted by atomic mass is 32.9. The third kappa shape index (κ3) is 2.60. The first-order valence-corrected chi connectivity index (χ1v) is 5.58. The van der Waals surface area contributed by atoms with Gasteiger partial charge < -0.3 is 9.68 Å². The Balaban J connectivity index is 3.00. The van der Waals surface area contributed by atoms with Gasteiger partial charge in [-0.1, -0.05) is 21.6 Å². The van der Waals surface area contributed by atoms with E-state index in [1.54, 1.807) is 0 Å². The molecule has 0 bridgehead atoms. The average molecular weight is 210 g/mol. The lowest BCUT2D eigenvalue weighted by Crippen LogP contribution is -1.92. The number of hydrogen-bond donors (Lipinski definition) is 0. The fourth-order valence-electron chi connectivity index (χ4n) is 0.397. The van der Waals surface area contributed by atoms with Crippen molar-refractivity contribution in [3.8, 4) is 0 Å². The molecule has 0 N–H and O–H groups in total. The number of hydrogen-bond acceptors (Lipinski definition) is 7. The first kappa shape index (κ1) is 8.69. The molecule has 1 heterocycles. The van der Waals surface area contributed by atoms with Gasteiger partial charge >= 0.3 is 0 Å². The summed E-state index contributed by atoms with van der Waals surface area (Å²) in [5, 5.41) is 7.48. The second kappa shape index (κ2) is 4.47. The fourth-order valence-corrected chi connectivity index (χ4v) is 3.86. The SMILES string of the molecule is CO/N=c1\ss/c(=N/OC)s1. The lowest BCUT2D eigenvalue weighted by atomic mass is 11.6. The van der Waals surface area contributed by atoms with Crippen LogP contribution in [0.15, 0.2) is 10.3 Å². The average Bonchev–Trinajstić information content (AvgIpc) is 2.38. The van der Waals surface area contributed by atoms with Crippen molar-refractivity contribution in [2.24, 2.45) is 10.3 Å². The Morgan fingerprint density at radius 1 is 1.00 bits per heavy atom. The maximum absolute atomic E-state index is 4.59. The van der Waals surface area contributed by atoms with E-state index in [1.165, 1.54) is 46.2 Å². The zero-order chi connectivity index (χ0) is 8.10.